The number of ether oxygens (including phenoxy) is 3. The van der Waals surface area contributed by atoms with Gasteiger partial charge >= 0.3 is 12.0 Å². The quantitative estimate of drug-likeness (QED) is 0.490. The van der Waals surface area contributed by atoms with E-state index >= 15 is 0 Å². The Balaban J connectivity index is 1.88. The molecule has 2 aromatic carbocycles. The maximum atomic E-state index is 12.9. The van der Waals surface area contributed by atoms with E-state index in [4.69, 9.17) is 14.2 Å². The lowest BCUT2D eigenvalue weighted by Gasteiger charge is -2.10. The topological polar surface area (TPSA) is 121 Å². The molecular formula is C24H26N4O6. The number of carbonyl (C=O) groups excluding carboxylic acids is 3. The first-order valence-electron chi connectivity index (χ1n) is 10.5. The van der Waals surface area contributed by atoms with Crippen molar-refractivity contribution in [1.29, 1.82) is 0 Å². The molecule has 0 unspecified atom stereocenters. The van der Waals surface area contributed by atoms with Gasteiger partial charge in [0.2, 0.25) is 0 Å². The standard InChI is InChI=1S/C24H26N4O6/c1-15(2)25-24(31)26-21(29)14-34-23(30)22-18(13-28(27-22)17-8-6-5-7-9-17)16-10-11-19(32-3)20(12-16)33-4/h5-13,15H,14H2,1-4H3,(H2,25,26,29,31). The highest BCUT2D eigenvalue weighted by Gasteiger charge is 2.22. The third-order valence-corrected chi connectivity index (χ3v) is 4.63. The zero-order valence-electron chi connectivity index (χ0n) is 19.3. The Bertz CT molecular complexity index is 1170. The van der Waals surface area contributed by atoms with E-state index in [0.29, 0.717) is 22.6 Å². The predicted octanol–water partition coefficient (Wildman–Crippen LogP) is 2.95. The zero-order chi connectivity index (χ0) is 24.7. The highest BCUT2D eigenvalue weighted by Crippen LogP contribution is 2.34. The SMILES string of the molecule is COc1ccc(-c2cn(-c3ccccc3)nc2C(=O)OCC(=O)NC(=O)NC(C)C)cc1OC. The first-order valence-corrected chi connectivity index (χ1v) is 10.5. The summed E-state index contributed by atoms with van der Waals surface area (Å²) in [5.41, 5.74) is 1.82. The highest BCUT2D eigenvalue weighted by molar-refractivity contribution is 5.99. The number of benzene rings is 2. The number of nitrogens with one attached hydrogen (secondary N) is 2. The number of hydrogen-bond donors (Lipinski definition) is 2. The summed E-state index contributed by atoms with van der Waals surface area (Å²) >= 11 is 0. The summed E-state index contributed by atoms with van der Waals surface area (Å²) in [6.07, 6.45) is 1.68. The average molecular weight is 466 g/mol. The molecule has 0 spiro atoms. The summed E-state index contributed by atoms with van der Waals surface area (Å²) in [6.45, 7) is 2.86. The number of aromatic nitrogens is 2. The monoisotopic (exact) mass is 466 g/mol. The lowest BCUT2D eigenvalue weighted by molar-refractivity contribution is -0.123. The van der Waals surface area contributed by atoms with Crippen molar-refractivity contribution in [2.45, 2.75) is 19.9 Å². The lowest BCUT2D eigenvalue weighted by atomic mass is 10.1. The Kier molecular flexibility index (Phi) is 7.86. The summed E-state index contributed by atoms with van der Waals surface area (Å²) in [5.74, 6) is -0.579. The largest absolute Gasteiger partial charge is 0.493 e. The molecule has 34 heavy (non-hydrogen) atoms. The van der Waals surface area contributed by atoms with Crippen molar-refractivity contribution in [3.8, 4) is 28.3 Å². The molecular weight excluding hydrogens is 440 g/mol. The number of rotatable bonds is 8. The summed E-state index contributed by atoms with van der Waals surface area (Å²) < 4.78 is 17.3. The van der Waals surface area contributed by atoms with Gasteiger partial charge < -0.3 is 19.5 Å². The van der Waals surface area contributed by atoms with E-state index in [-0.39, 0.29) is 11.7 Å². The predicted molar refractivity (Wildman–Crippen MR) is 124 cm³/mol. The van der Waals surface area contributed by atoms with Crippen LogP contribution in [0.5, 0.6) is 11.5 Å². The van der Waals surface area contributed by atoms with Crippen LogP contribution in [0.1, 0.15) is 24.3 Å². The van der Waals surface area contributed by atoms with E-state index in [2.05, 4.69) is 15.7 Å². The lowest BCUT2D eigenvalue weighted by Crippen LogP contribution is -2.44. The Labute approximate surface area is 196 Å². The third kappa shape index (κ3) is 5.91. The van der Waals surface area contributed by atoms with Crippen molar-refractivity contribution < 1.29 is 28.6 Å². The fourth-order valence-electron chi connectivity index (χ4n) is 3.11. The van der Waals surface area contributed by atoms with Gasteiger partial charge in [-0.05, 0) is 43.7 Å². The van der Waals surface area contributed by atoms with Gasteiger partial charge in [0.05, 0.1) is 19.9 Å². The average Bonchev–Trinajstić information content (AvgIpc) is 3.27. The normalized spacial score (nSPS) is 10.5. The molecule has 1 aromatic heterocycles. The van der Waals surface area contributed by atoms with Crippen molar-refractivity contribution in [1.82, 2.24) is 20.4 Å². The maximum absolute atomic E-state index is 12.9. The van der Waals surface area contributed by atoms with Crippen LogP contribution in [0, 0.1) is 0 Å². The molecule has 0 saturated carbocycles. The van der Waals surface area contributed by atoms with Gasteiger partial charge in [-0.15, -0.1) is 0 Å². The molecule has 0 atom stereocenters. The van der Waals surface area contributed by atoms with Crippen LogP contribution >= 0.6 is 0 Å². The van der Waals surface area contributed by atoms with Crippen LogP contribution in [-0.4, -0.2) is 54.6 Å². The van der Waals surface area contributed by atoms with E-state index < -0.39 is 24.5 Å². The summed E-state index contributed by atoms with van der Waals surface area (Å²) in [6, 6.07) is 13.6. The second-order valence-corrected chi connectivity index (χ2v) is 7.49. The molecule has 0 fully saturated rings. The van der Waals surface area contributed by atoms with Gasteiger partial charge in [-0.25, -0.2) is 14.3 Å². The van der Waals surface area contributed by atoms with E-state index in [0.717, 1.165) is 5.69 Å². The van der Waals surface area contributed by atoms with E-state index in [1.54, 1.807) is 42.9 Å². The van der Waals surface area contributed by atoms with Gasteiger partial charge in [0.15, 0.2) is 23.8 Å². The molecule has 2 N–H and O–H groups in total. The van der Waals surface area contributed by atoms with Gasteiger partial charge in [-0.2, -0.15) is 5.10 Å². The van der Waals surface area contributed by atoms with Gasteiger partial charge in [0, 0.05) is 17.8 Å². The molecule has 0 radical (unpaired) electrons. The Morgan fingerprint density at radius 3 is 2.35 bits per heavy atom. The first kappa shape index (κ1) is 24.3. The minimum absolute atomic E-state index is 0.00416. The van der Waals surface area contributed by atoms with Crippen LogP contribution < -0.4 is 20.1 Å². The molecule has 178 valence electrons. The van der Waals surface area contributed by atoms with Crippen LogP contribution in [0.2, 0.25) is 0 Å². The van der Waals surface area contributed by atoms with Gasteiger partial charge in [-0.3, -0.25) is 10.1 Å². The number of esters is 1. The fourth-order valence-corrected chi connectivity index (χ4v) is 3.11. The number of carbonyl (C=O) groups is 3. The minimum Gasteiger partial charge on any atom is -0.493 e. The summed E-state index contributed by atoms with van der Waals surface area (Å²) in [7, 11) is 3.04. The molecule has 0 aliphatic rings. The number of methoxy groups -OCH3 is 2. The van der Waals surface area contributed by atoms with Crippen molar-refractivity contribution in [2.24, 2.45) is 0 Å². The molecule has 3 aromatic rings. The molecule has 10 heteroatoms. The van der Waals surface area contributed by atoms with Crippen molar-refractivity contribution >= 4 is 17.9 Å². The number of amides is 3. The first-order chi connectivity index (χ1) is 16.3. The third-order valence-electron chi connectivity index (χ3n) is 4.63. The number of para-hydroxylation sites is 1. The van der Waals surface area contributed by atoms with Crippen molar-refractivity contribution in [3.05, 3.63) is 60.4 Å². The number of nitrogens with zero attached hydrogens (tertiary/aromatic N) is 2. The Morgan fingerprint density at radius 1 is 1.00 bits per heavy atom. The van der Waals surface area contributed by atoms with Gasteiger partial charge in [0.1, 0.15) is 0 Å². The van der Waals surface area contributed by atoms with Gasteiger partial charge in [0.25, 0.3) is 5.91 Å². The summed E-state index contributed by atoms with van der Waals surface area (Å²) in [4.78, 5) is 36.6. The Hall–Kier alpha value is -4.34. The van der Waals surface area contributed by atoms with Crippen LogP contribution in [0.3, 0.4) is 0 Å². The van der Waals surface area contributed by atoms with Crippen LogP contribution in [0.15, 0.2) is 54.7 Å². The maximum Gasteiger partial charge on any atom is 0.360 e. The highest BCUT2D eigenvalue weighted by atomic mass is 16.5. The van der Waals surface area contributed by atoms with Crippen molar-refractivity contribution in [2.75, 3.05) is 20.8 Å². The number of urea groups is 1. The number of imide groups is 1. The van der Waals surface area contributed by atoms with E-state index in [1.165, 1.54) is 14.2 Å². The van der Waals surface area contributed by atoms with Crippen LogP contribution in [0.25, 0.3) is 16.8 Å². The second-order valence-electron chi connectivity index (χ2n) is 7.49. The van der Waals surface area contributed by atoms with E-state index in [1.807, 2.05) is 30.3 Å². The number of hydrogen-bond acceptors (Lipinski definition) is 7. The second kappa shape index (κ2) is 11.0. The molecule has 1 heterocycles. The molecule has 0 aliphatic heterocycles. The molecule has 3 rings (SSSR count). The summed E-state index contributed by atoms with van der Waals surface area (Å²) in [5, 5.41) is 9.01. The fraction of sp³-hybridized carbons (Fsp3) is 0.250. The Morgan fingerprint density at radius 2 is 1.71 bits per heavy atom. The van der Waals surface area contributed by atoms with Crippen LogP contribution in [0.4, 0.5) is 4.79 Å². The van der Waals surface area contributed by atoms with Gasteiger partial charge in [-0.1, -0.05) is 24.3 Å². The molecule has 3 amide bonds. The molecule has 0 aliphatic carbocycles. The molecule has 0 saturated heterocycles. The molecule has 10 nitrogen and oxygen atoms in total. The van der Waals surface area contributed by atoms with Crippen LogP contribution in [-0.2, 0) is 9.53 Å². The minimum atomic E-state index is -0.820. The zero-order valence-corrected chi connectivity index (χ0v) is 19.3. The van der Waals surface area contributed by atoms with E-state index in [9.17, 15) is 14.4 Å². The van der Waals surface area contributed by atoms with Crippen molar-refractivity contribution in [3.63, 3.8) is 0 Å². The smallest absolute Gasteiger partial charge is 0.360 e. The molecule has 0 bridgehead atoms.